The molecule has 3 N–H and O–H groups in total. The topological polar surface area (TPSA) is 36.1 Å². The van der Waals surface area contributed by atoms with Crippen molar-refractivity contribution < 1.29 is 0 Å². The van der Waals surface area contributed by atoms with Crippen molar-refractivity contribution in [3.8, 4) is 0 Å². The molecular formula is C11H19N3. The van der Waals surface area contributed by atoms with Crippen molar-refractivity contribution in [2.45, 2.75) is 19.0 Å². The first-order valence-electron chi connectivity index (χ1n) is 5.81. The molecule has 3 rings (SSSR count). The van der Waals surface area contributed by atoms with E-state index < -0.39 is 0 Å². The van der Waals surface area contributed by atoms with Gasteiger partial charge in [0.25, 0.3) is 0 Å². The second-order valence-corrected chi connectivity index (χ2v) is 4.64. The minimum absolute atomic E-state index is 0.600. The van der Waals surface area contributed by atoms with E-state index in [0.29, 0.717) is 6.17 Å². The molecule has 0 aliphatic carbocycles. The van der Waals surface area contributed by atoms with Gasteiger partial charge in [0.2, 0.25) is 0 Å². The van der Waals surface area contributed by atoms with Gasteiger partial charge in [0.05, 0.1) is 6.17 Å². The summed E-state index contributed by atoms with van der Waals surface area (Å²) in [6.45, 7) is 4.65. The van der Waals surface area contributed by atoms with Crippen LogP contribution in [0.5, 0.6) is 0 Å². The van der Waals surface area contributed by atoms with Crippen molar-refractivity contribution >= 4 is 0 Å². The summed E-state index contributed by atoms with van der Waals surface area (Å²) in [6.07, 6.45) is 5.63. The van der Waals surface area contributed by atoms with Crippen molar-refractivity contribution in [2.24, 2.45) is 11.8 Å². The Morgan fingerprint density at radius 1 is 1.21 bits per heavy atom. The lowest BCUT2D eigenvalue weighted by Crippen LogP contribution is -2.34. The molecule has 0 aromatic heterocycles. The largest absolute Gasteiger partial charge is 0.313 e. The number of rotatable bonds is 1. The van der Waals surface area contributed by atoms with Gasteiger partial charge >= 0.3 is 0 Å². The van der Waals surface area contributed by atoms with Gasteiger partial charge in [0, 0.05) is 13.1 Å². The molecule has 0 amide bonds. The lowest BCUT2D eigenvalue weighted by molar-refractivity contribution is 0.420. The molecule has 2 saturated heterocycles. The van der Waals surface area contributed by atoms with E-state index in [1.54, 1.807) is 5.57 Å². The van der Waals surface area contributed by atoms with E-state index in [1.165, 1.54) is 25.9 Å². The molecule has 0 aromatic carbocycles. The molecule has 0 saturated carbocycles. The van der Waals surface area contributed by atoms with Crippen LogP contribution in [0.15, 0.2) is 11.6 Å². The van der Waals surface area contributed by atoms with Crippen LogP contribution in [-0.4, -0.2) is 32.3 Å². The van der Waals surface area contributed by atoms with Crippen LogP contribution in [-0.2, 0) is 0 Å². The smallest absolute Gasteiger partial charge is 0.0607 e. The summed E-state index contributed by atoms with van der Waals surface area (Å²) < 4.78 is 0. The molecule has 14 heavy (non-hydrogen) atoms. The average molecular weight is 193 g/mol. The third kappa shape index (κ3) is 1.40. The van der Waals surface area contributed by atoms with Crippen LogP contribution in [0.25, 0.3) is 0 Å². The fraction of sp³-hybridized carbons (Fsp3) is 0.818. The van der Waals surface area contributed by atoms with E-state index in [0.717, 1.165) is 24.9 Å². The third-order valence-corrected chi connectivity index (χ3v) is 3.88. The molecule has 3 unspecified atom stereocenters. The fourth-order valence-corrected chi connectivity index (χ4v) is 3.14. The molecule has 0 bridgehead atoms. The molecular weight excluding hydrogens is 174 g/mol. The number of hydrogen-bond donors (Lipinski definition) is 3. The highest BCUT2D eigenvalue weighted by atomic mass is 15.2. The Morgan fingerprint density at radius 2 is 2.21 bits per heavy atom. The minimum Gasteiger partial charge on any atom is -0.313 e. The zero-order valence-electron chi connectivity index (χ0n) is 8.55. The van der Waals surface area contributed by atoms with Crippen LogP contribution in [0.4, 0.5) is 0 Å². The summed E-state index contributed by atoms with van der Waals surface area (Å²) >= 11 is 0. The van der Waals surface area contributed by atoms with Crippen molar-refractivity contribution in [3.05, 3.63) is 11.6 Å². The second-order valence-electron chi connectivity index (χ2n) is 4.64. The fourth-order valence-electron chi connectivity index (χ4n) is 3.14. The van der Waals surface area contributed by atoms with Gasteiger partial charge in [0.1, 0.15) is 0 Å². The molecule has 3 atom stereocenters. The Hall–Kier alpha value is -0.380. The number of nitrogens with one attached hydrogen (secondary N) is 3. The van der Waals surface area contributed by atoms with Crippen molar-refractivity contribution in [1.82, 2.24) is 16.0 Å². The van der Waals surface area contributed by atoms with E-state index in [1.807, 2.05) is 0 Å². The van der Waals surface area contributed by atoms with Crippen LogP contribution in [0, 0.1) is 11.8 Å². The van der Waals surface area contributed by atoms with Crippen LogP contribution >= 0.6 is 0 Å². The van der Waals surface area contributed by atoms with Crippen LogP contribution in [0.2, 0.25) is 0 Å². The monoisotopic (exact) mass is 193 g/mol. The number of hydrogen-bond acceptors (Lipinski definition) is 3. The Labute approximate surface area is 85.3 Å². The van der Waals surface area contributed by atoms with E-state index in [4.69, 9.17) is 0 Å². The summed E-state index contributed by atoms with van der Waals surface area (Å²) in [5, 5.41) is 10.6. The first kappa shape index (κ1) is 8.89. The highest BCUT2D eigenvalue weighted by Crippen LogP contribution is 2.33. The highest BCUT2D eigenvalue weighted by molar-refractivity contribution is 5.17. The summed E-state index contributed by atoms with van der Waals surface area (Å²) in [5.41, 5.74) is 1.65. The first-order chi connectivity index (χ1) is 6.95. The Balaban J connectivity index is 1.75. The van der Waals surface area contributed by atoms with Gasteiger partial charge in [-0.25, -0.2) is 0 Å². The standard InChI is InChI=1S/C11H19N3/c1-2-8(6-12-4-1)10-7-14-11-9(10)3-5-13-11/h2,9-14H,1,3-7H2. The van der Waals surface area contributed by atoms with E-state index in [9.17, 15) is 0 Å². The Bertz CT molecular complexity index is 249. The van der Waals surface area contributed by atoms with E-state index in [2.05, 4.69) is 22.0 Å². The van der Waals surface area contributed by atoms with Crippen molar-refractivity contribution in [3.63, 3.8) is 0 Å². The summed E-state index contributed by atoms with van der Waals surface area (Å²) in [6, 6.07) is 0. The molecule has 3 heteroatoms. The normalized spacial score (nSPS) is 42.3. The Kier molecular flexibility index (Phi) is 2.32. The van der Waals surface area contributed by atoms with Gasteiger partial charge in [-0.1, -0.05) is 11.6 Å². The van der Waals surface area contributed by atoms with Gasteiger partial charge in [-0.15, -0.1) is 0 Å². The predicted octanol–water partition coefficient (Wildman–Crippen LogP) is 0.0611. The molecule has 0 aromatic rings. The van der Waals surface area contributed by atoms with Gasteiger partial charge in [-0.3, -0.25) is 0 Å². The lowest BCUT2D eigenvalue weighted by Gasteiger charge is -2.23. The minimum atomic E-state index is 0.600. The third-order valence-electron chi connectivity index (χ3n) is 3.88. The van der Waals surface area contributed by atoms with Gasteiger partial charge in [-0.2, -0.15) is 0 Å². The summed E-state index contributed by atoms with van der Waals surface area (Å²) in [7, 11) is 0. The maximum atomic E-state index is 3.59. The summed E-state index contributed by atoms with van der Waals surface area (Å²) in [4.78, 5) is 0. The second kappa shape index (κ2) is 3.65. The molecule has 0 spiro atoms. The highest BCUT2D eigenvalue weighted by Gasteiger charge is 2.40. The van der Waals surface area contributed by atoms with Crippen LogP contribution < -0.4 is 16.0 Å². The van der Waals surface area contributed by atoms with Gasteiger partial charge < -0.3 is 16.0 Å². The zero-order valence-corrected chi connectivity index (χ0v) is 8.55. The SMILES string of the molecule is C1=C(C2CNC3NCCC32)CNCC1. The van der Waals surface area contributed by atoms with Crippen molar-refractivity contribution in [1.29, 1.82) is 0 Å². The maximum Gasteiger partial charge on any atom is 0.0607 e. The summed E-state index contributed by atoms with van der Waals surface area (Å²) in [5.74, 6) is 1.64. The molecule has 3 aliphatic rings. The first-order valence-corrected chi connectivity index (χ1v) is 5.81. The van der Waals surface area contributed by atoms with E-state index in [-0.39, 0.29) is 0 Å². The molecule has 0 radical (unpaired) electrons. The van der Waals surface area contributed by atoms with Gasteiger partial charge in [-0.05, 0) is 37.8 Å². The van der Waals surface area contributed by atoms with Crippen LogP contribution in [0.3, 0.4) is 0 Å². The predicted molar refractivity (Wildman–Crippen MR) is 57.0 cm³/mol. The zero-order chi connectivity index (χ0) is 9.38. The number of fused-ring (bicyclic) bond motifs is 1. The molecule has 3 aliphatic heterocycles. The quantitative estimate of drug-likeness (QED) is 0.515. The molecule has 3 heterocycles. The van der Waals surface area contributed by atoms with E-state index >= 15 is 0 Å². The van der Waals surface area contributed by atoms with Crippen molar-refractivity contribution in [2.75, 3.05) is 26.2 Å². The maximum absolute atomic E-state index is 3.59. The molecule has 78 valence electrons. The van der Waals surface area contributed by atoms with Crippen LogP contribution in [0.1, 0.15) is 12.8 Å². The molecule has 2 fully saturated rings. The average Bonchev–Trinajstić information content (AvgIpc) is 2.79. The Morgan fingerprint density at radius 3 is 3.07 bits per heavy atom. The lowest BCUT2D eigenvalue weighted by atomic mass is 9.85. The van der Waals surface area contributed by atoms with Gasteiger partial charge in [0.15, 0.2) is 0 Å². The molecule has 3 nitrogen and oxygen atoms in total.